The van der Waals surface area contributed by atoms with Gasteiger partial charge in [0.15, 0.2) is 0 Å². The predicted octanol–water partition coefficient (Wildman–Crippen LogP) is 3.05. The highest BCUT2D eigenvalue weighted by atomic mass is 19.4. The van der Waals surface area contributed by atoms with Gasteiger partial charge >= 0.3 is 12.1 Å². The van der Waals surface area contributed by atoms with E-state index >= 15 is 0 Å². The molecule has 104 valence electrons. The molecule has 0 spiro atoms. The maximum absolute atomic E-state index is 12.5. The zero-order valence-corrected chi connectivity index (χ0v) is 9.98. The molecule has 0 saturated heterocycles. The summed E-state index contributed by atoms with van der Waals surface area (Å²) < 4.78 is 37.4. The Morgan fingerprint density at radius 3 is 2.30 bits per heavy atom. The fourth-order valence-electron chi connectivity index (χ4n) is 1.66. The van der Waals surface area contributed by atoms with Crippen LogP contribution >= 0.6 is 0 Å². The molecule has 0 aliphatic heterocycles. The van der Waals surface area contributed by atoms with Crippen molar-refractivity contribution in [2.45, 2.75) is 6.18 Å². The Hall–Kier alpha value is -2.57. The van der Waals surface area contributed by atoms with Crippen LogP contribution in [0.25, 0.3) is 11.1 Å². The molecule has 0 fully saturated rings. The molecule has 20 heavy (non-hydrogen) atoms. The van der Waals surface area contributed by atoms with Gasteiger partial charge in [-0.1, -0.05) is 12.1 Å². The Morgan fingerprint density at radius 2 is 1.80 bits per heavy atom. The molecule has 0 amide bonds. The van der Waals surface area contributed by atoms with E-state index in [1.165, 1.54) is 18.2 Å². The molecule has 1 aromatic heterocycles. The van der Waals surface area contributed by atoms with Gasteiger partial charge in [0, 0.05) is 11.8 Å². The number of benzene rings is 1. The number of pyridine rings is 1. The van der Waals surface area contributed by atoms with Crippen LogP contribution in [0.1, 0.15) is 15.9 Å². The van der Waals surface area contributed by atoms with E-state index in [2.05, 4.69) is 4.98 Å². The topological polar surface area (TPSA) is 76.2 Å². The second-order valence-corrected chi connectivity index (χ2v) is 4.04. The summed E-state index contributed by atoms with van der Waals surface area (Å²) in [5.41, 5.74) is 5.38. The van der Waals surface area contributed by atoms with E-state index < -0.39 is 17.7 Å². The molecule has 0 radical (unpaired) electrons. The molecule has 7 heteroatoms. The highest BCUT2D eigenvalue weighted by molar-refractivity contribution is 5.90. The highest BCUT2D eigenvalue weighted by Crippen LogP contribution is 2.32. The van der Waals surface area contributed by atoms with Crippen LogP contribution in [0.2, 0.25) is 0 Å². The molecule has 0 unspecified atom stereocenters. The zero-order valence-electron chi connectivity index (χ0n) is 9.98. The van der Waals surface area contributed by atoms with E-state index in [1.807, 2.05) is 0 Å². The normalized spacial score (nSPS) is 11.3. The van der Waals surface area contributed by atoms with Crippen LogP contribution in [0, 0.1) is 0 Å². The molecule has 0 aliphatic rings. The van der Waals surface area contributed by atoms with Gasteiger partial charge in [0.25, 0.3) is 0 Å². The standard InChI is InChI=1S/C13H9F3N2O2/c14-13(15,16)9-3-1-7(2-4-9)10-5-8(12(19)20)6-18-11(10)17/h1-6H,(H2,17,18)(H,19,20). The number of nitrogen functional groups attached to an aromatic ring is 1. The van der Waals surface area contributed by atoms with Gasteiger partial charge in [-0.2, -0.15) is 13.2 Å². The quantitative estimate of drug-likeness (QED) is 0.887. The van der Waals surface area contributed by atoms with Crippen molar-refractivity contribution >= 4 is 11.8 Å². The summed E-state index contributed by atoms with van der Waals surface area (Å²) >= 11 is 0. The largest absolute Gasteiger partial charge is 0.478 e. The Balaban J connectivity index is 2.46. The highest BCUT2D eigenvalue weighted by Gasteiger charge is 2.30. The number of halogens is 3. The molecular formula is C13H9F3N2O2. The van der Waals surface area contributed by atoms with Gasteiger partial charge in [-0.25, -0.2) is 9.78 Å². The molecule has 0 atom stereocenters. The first-order chi connectivity index (χ1) is 9.29. The van der Waals surface area contributed by atoms with E-state index in [1.54, 1.807) is 0 Å². The third-order valence-corrected chi connectivity index (χ3v) is 2.69. The van der Waals surface area contributed by atoms with E-state index in [0.717, 1.165) is 18.3 Å². The summed E-state index contributed by atoms with van der Waals surface area (Å²) in [5, 5.41) is 8.87. The Bertz CT molecular complexity index is 652. The molecule has 1 heterocycles. The second-order valence-electron chi connectivity index (χ2n) is 4.04. The molecule has 4 nitrogen and oxygen atoms in total. The third kappa shape index (κ3) is 2.71. The smallest absolute Gasteiger partial charge is 0.416 e. The molecule has 1 aromatic carbocycles. The van der Waals surface area contributed by atoms with Crippen molar-refractivity contribution in [1.29, 1.82) is 0 Å². The first kappa shape index (κ1) is 13.9. The molecule has 2 rings (SSSR count). The first-order valence-electron chi connectivity index (χ1n) is 5.45. The maximum Gasteiger partial charge on any atom is 0.416 e. The molecule has 2 aromatic rings. The summed E-state index contributed by atoms with van der Waals surface area (Å²) in [6.07, 6.45) is -3.34. The van der Waals surface area contributed by atoms with Crippen molar-refractivity contribution in [2.75, 3.05) is 5.73 Å². The van der Waals surface area contributed by atoms with Crippen molar-refractivity contribution in [2.24, 2.45) is 0 Å². The monoisotopic (exact) mass is 282 g/mol. The lowest BCUT2D eigenvalue weighted by molar-refractivity contribution is -0.137. The van der Waals surface area contributed by atoms with Crippen LogP contribution in [0.4, 0.5) is 19.0 Å². The predicted molar refractivity (Wildman–Crippen MR) is 66.0 cm³/mol. The third-order valence-electron chi connectivity index (χ3n) is 2.69. The molecule has 0 aliphatic carbocycles. The number of carboxylic acid groups (broad SMARTS) is 1. The Labute approximate surface area is 111 Å². The van der Waals surface area contributed by atoms with Gasteiger partial charge in [0.2, 0.25) is 0 Å². The van der Waals surface area contributed by atoms with Crippen LogP contribution in [-0.2, 0) is 6.18 Å². The van der Waals surface area contributed by atoms with Gasteiger partial charge < -0.3 is 10.8 Å². The average molecular weight is 282 g/mol. The molecule has 0 saturated carbocycles. The summed E-state index contributed by atoms with van der Waals surface area (Å²) in [7, 11) is 0. The summed E-state index contributed by atoms with van der Waals surface area (Å²) in [6.45, 7) is 0. The van der Waals surface area contributed by atoms with Crippen molar-refractivity contribution in [1.82, 2.24) is 4.98 Å². The molecular weight excluding hydrogens is 273 g/mol. The van der Waals surface area contributed by atoms with E-state index in [4.69, 9.17) is 10.8 Å². The summed E-state index contributed by atoms with van der Waals surface area (Å²) in [6, 6.07) is 5.53. The van der Waals surface area contributed by atoms with Crippen LogP contribution in [0.5, 0.6) is 0 Å². The number of aromatic nitrogens is 1. The number of aromatic carboxylic acids is 1. The van der Waals surface area contributed by atoms with E-state index in [-0.39, 0.29) is 16.9 Å². The number of hydrogen-bond acceptors (Lipinski definition) is 3. The van der Waals surface area contributed by atoms with Crippen molar-refractivity contribution in [3.8, 4) is 11.1 Å². The number of nitrogens with two attached hydrogens (primary N) is 1. The Kier molecular flexibility index (Phi) is 3.35. The number of alkyl halides is 3. The van der Waals surface area contributed by atoms with Crippen LogP contribution < -0.4 is 5.73 Å². The number of carboxylic acids is 1. The van der Waals surface area contributed by atoms with Crippen molar-refractivity contribution in [3.63, 3.8) is 0 Å². The SMILES string of the molecule is Nc1ncc(C(=O)O)cc1-c1ccc(C(F)(F)F)cc1. The Morgan fingerprint density at radius 1 is 1.20 bits per heavy atom. The van der Waals surface area contributed by atoms with Crippen LogP contribution in [0.3, 0.4) is 0 Å². The molecule has 0 bridgehead atoms. The average Bonchev–Trinajstić information content (AvgIpc) is 2.38. The minimum Gasteiger partial charge on any atom is -0.478 e. The van der Waals surface area contributed by atoms with Crippen molar-refractivity contribution in [3.05, 3.63) is 47.7 Å². The number of nitrogens with zero attached hydrogens (tertiary/aromatic N) is 1. The van der Waals surface area contributed by atoms with Gasteiger partial charge in [-0.05, 0) is 23.8 Å². The van der Waals surface area contributed by atoms with Crippen LogP contribution in [0.15, 0.2) is 36.5 Å². The lowest BCUT2D eigenvalue weighted by atomic mass is 10.0. The fraction of sp³-hybridized carbons (Fsp3) is 0.0769. The number of carbonyl (C=O) groups is 1. The zero-order chi connectivity index (χ0) is 14.9. The lowest BCUT2D eigenvalue weighted by Crippen LogP contribution is -2.04. The fourth-order valence-corrected chi connectivity index (χ4v) is 1.66. The second kappa shape index (κ2) is 4.84. The van der Waals surface area contributed by atoms with Gasteiger partial charge in [-0.15, -0.1) is 0 Å². The van der Waals surface area contributed by atoms with Crippen LogP contribution in [-0.4, -0.2) is 16.1 Å². The molecule has 3 N–H and O–H groups in total. The van der Waals surface area contributed by atoms with Gasteiger partial charge in [-0.3, -0.25) is 0 Å². The number of anilines is 1. The summed E-state index contributed by atoms with van der Waals surface area (Å²) in [5.74, 6) is -1.14. The van der Waals surface area contributed by atoms with E-state index in [9.17, 15) is 18.0 Å². The van der Waals surface area contributed by atoms with Gasteiger partial charge in [0.05, 0.1) is 11.1 Å². The van der Waals surface area contributed by atoms with Gasteiger partial charge in [0.1, 0.15) is 5.82 Å². The number of hydrogen-bond donors (Lipinski definition) is 2. The maximum atomic E-state index is 12.5. The van der Waals surface area contributed by atoms with E-state index in [0.29, 0.717) is 5.56 Å². The van der Waals surface area contributed by atoms with Crippen molar-refractivity contribution < 1.29 is 23.1 Å². The number of rotatable bonds is 2. The first-order valence-corrected chi connectivity index (χ1v) is 5.45. The minimum atomic E-state index is -4.43. The summed E-state index contributed by atoms with van der Waals surface area (Å²) in [4.78, 5) is 14.6. The minimum absolute atomic E-state index is 0.0507. The lowest BCUT2D eigenvalue weighted by Gasteiger charge is -2.09.